The van der Waals surface area contributed by atoms with Gasteiger partial charge < -0.3 is 8.85 Å². The van der Waals surface area contributed by atoms with Gasteiger partial charge in [-0.05, 0) is 18.2 Å². The molecule has 15 heavy (non-hydrogen) atoms. The highest BCUT2D eigenvalue weighted by atomic mass is 32.2. The van der Waals surface area contributed by atoms with Crippen LogP contribution in [0.2, 0.25) is 6.04 Å². The lowest BCUT2D eigenvalue weighted by Gasteiger charge is -2.17. The van der Waals surface area contributed by atoms with Gasteiger partial charge in [0.1, 0.15) is 5.40 Å². The number of hydrogen-bond donors (Lipinski definition) is 0. The first-order valence-corrected chi connectivity index (χ1v) is 8.02. The van der Waals surface area contributed by atoms with Crippen molar-refractivity contribution in [3.05, 3.63) is 0 Å². The lowest BCUT2D eigenvalue weighted by Crippen LogP contribution is -2.23. The molecule has 1 unspecified atom stereocenters. The van der Waals surface area contributed by atoms with Gasteiger partial charge in [-0.2, -0.15) is 5.26 Å². The Labute approximate surface area is 99.0 Å². The number of thiocyanates is 1. The summed E-state index contributed by atoms with van der Waals surface area (Å²) in [4.78, 5) is 0. The minimum atomic E-state index is -1.51. The molecule has 88 valence electrons. The number of unbranched alkanes of at least 4 members (excludes halogenated alkanes) is 2. The van der Waals surface area contributed by atoms with Gasteiger partial charge in [0.25, 0.3) is 0 Å². The van der Waals surface area contributed by atoms with Crippen molar-refractivity contribution in [2.75, 3.05) is 14.2 Å². The van der Waals surface area contributed by atoms with E-state index in [-0.39, 0.29) is 0 Å². The van der Waals surface area contributed by atoms with Gasteiger partial charge in [0.2, 0.25) is 0 Å². The smallest absolute Gasteiger partial charge is 0.322 e. The summed E-state index contributed by atoms with van der Waals surface area (Å²) in [5.74, 6) is 0. The second kappa shape index (κ2) is 10.5. The average Bonchev–Trinajstić information content (AvgIpc) is 2.26. The third kappa shape index (κ3) is 7.85. The Morgan fingerprint density at radius 1 is 1.33 bits per heavy atom. The predicted molar refractivity (Wildman–Crippen MR) is 67.1 cm³/mol. The fourth-order valence-electron chi connectivity index (χ4n) is 1.42. The number of hydrogen-bond acceptors (Lipinski definition) is 4. The van der Waals surface area contributed by atoms with E-state index in [0.29, 0.717) is 5.25 Å². The molecule has 3 nitrogen and oxygen atoms in total. The monoisotopic (exact) mass is 247 g/mol. The van der Waals surface area contributed by atoms with E-state index in [0.717, 1.165) is 12.5 Å². The maximum Gasteiger partial charge on any atom is 0.322 e. The average molecular weight is 247 g/mol. The zero-order valence-electron chi connectivity index (χ0n) is 9.86. The zero-order valence-corrected chi connectivity index (χ0v) is 11.8. The molecule has 0 aromatic carbocycles. The van der Waals surface area contributed by atoms with Gasteiger partial charge in [-0.1, -0.05) is 26.2 Å². The van der Waals surface area contributed by atoms with Crippen molar-refractivity contribution in [2.45, 2.75) is 43.9 Å². The normalized spacial score (nSPS) is 12.7. The first-order chi connectivity index (χ1) is 7.28. The summed E-state index contributed by atoms with van der Waals surface area (Å²) in [6.45, 7) is 2.19. The molecule has 0 fully saturated rings. The van der Waals surface area contributed by atoms with Crippen LogP contribution in [0.1, 0.15) is 32.6 Å². The van der Waals surface area contributed by atoms with Crippen LogP contribution in [0.25, 0.3) is 0 Å². The van der Waals surface area contributed by atoms with Crippen LogP contribution in [0.3, 0.4) is 0 Å². The maximum atomic E-state index is 8.70. The molecule has 0 saturated carbocycles. The third-order valence-electron chi connectivity index (χ3n) is 2.33. The minimum Gasteiger partial charge on any atom is -0.400 e. The summed E-state index contributed by atoms with van der Waals surface area (Å²) in [6, 6.07) is 0.926. The molecule has 0 saturated heterocycles. The highest BCUT2D eigenvalue weighted by molar-refractivity contribution is 8.04. The second-order valence-electron chi connectivity index (χ2n) is 3.46. The summed E-state index contributed by atoms with van der Waals surface area (Å²) >= 11 is 1.37. The van der Waals surface area contributed by atoms with Crippen molar-refractivity contribution in [3.8, 4) is 5.40 Å². The van der Waals surface area contributed by atoms with Crippen LogP contribution in [0.15, 0.2) is 0 Å². The van der Waals surface area contributed by atoms with Crippen LogP contribution < -0.4 is 0 Å². The van der Waals surface area contributed by atoms with Crippen molar-refractivity contribution in [3.63, 3.8) is 0 Å². The Hall–Kier alpha value is -0.0231. The quantitative estimate of drug-likeness (QED) is 0.357. The van der Waals surface area contributed by atoms with E-state index in [1.165, 1.54) is 31.0 Å². The molecule has 0 aromatic rings. The topological polar surface area (TPSA) is 42.2 Å². The SMILES string of the molecule is CCCCCC(C[SiH](OC)OC)SC#N. The Bertz CT molecular complexity index is 183. The second-order valence-corrected chi connectivity index (χ2v) is 6.82. The summed E-state index contributed by atoms with van der Waals surface area (Å²) in [6.07, 6.45) is 4.76. The highest BCUT2D eigenvalue weighted by Gasteiger charge is 2.18. The molecule has 0 aliphatic rings. The van der Waals surface area contributed by atoms with E-state index < -0.39 is 9.28 Å². The first-order valence-electron chi connectivity index (χ1n) is 5.38. The molecule has 0 spiro atoms. The molecule has 0 aromatic heterocycles. The van der Waals surface area contributed by atoms with E-state index in [2.05, 4.69) is 12.3 Å². The zero-order chi connectivity index (χ0) is 11.5. The van der Waals surface area contributed by atoms with Crippen molar-refractivity contribution in [1.29, 1.82) is 5.26 Å². The number of thioether (sulfide) groups is 1. The van der Waals surface area contributed by atoms with Crippen LogP contribution in [-0.4, -0.2) is 28.8 Å². The largest absolute Gasteiger partial charge is 0.400 e. The van der Waals surface area contributed by atoms with Gasteiger partial charge in [-0.15, -0.1) is 0 Å². The van der Waals surface area contributed by atoms with Gasteiger partial charge in [0.05, 0.1) is 0 Å². The molecule has 0 rings (SSSR count). The molecule has 0 aliphatic carbocycles. The summed E-state index contributed by atoms with van der Waals surface area (Å²) in [5.41, 5.74) is 0. The van der Waals surface area contributed by atoms with Crippen LogP contribution >= 0.6 is 11.8 Å². The van der Waals surface area contributed by atoms with Crippen LogP contribution in [0.5, 0.6) is 0 Å². The molecular formula is C10H21NO2SSi. The van der Waals surface area contributed by atoms with Gasteiger partial charge in [0.15, 0.2) is 0 Å². The van der Waals surface area contributed by atoms with E-state index in [9.17, 15) is 0 Å². The lowest BCUT2D eigenvalue weighted by atomic mass is 10.2. The third-order valence-corrected chi connectivity index (χ3v) is 5.54. The predicted octanol–water partition coefficient (Wildman–Crippen LogP) is 2.66. The van der Waals surface area contributed by atoms with Crippen LogP contribution in [-0.2, 0) is 8.85 Å². The molecule has 0 heterocycles. The Kier molecular flexibility index (Phi) is 10.5. The Morgan fingerprint density at radius 3 is 2.47 bits per heavy atom. The standard InChI is InChI=1S/C10H21NO2SSi/c1-4-5-6-7-10(14-9-11)8-15(12-2)13-3/h10,15H,4-8H2,1-3H3. The summed E-state index contributed by atoms with van der Waals surface area (Å²) in [7, 11) is 1.88. The van der Waals surface area contributed by atoms with Crippen LogP contribution in [0.4, 0.5) is 0 Å². The minimum absolute atomic E-state index is 0.387. The summed E-state index contributed by atoms with van der Waals surface area (Å²) < 4.78 is 10.6. The molecular weight excluding hydrogens is 226 g/mol. The van der Waals surface area contributed by atoms with Gasteiger partial charge >= 0.3 is 9.28 Å². The molecule has 0 amide bonds. The van der Waals surface area contributed by atoms with E-state index >= 15 is 0 Å². The molecule has 1 atom stereocenters. The fraction of sp³-hybridized carbons (Fsp3) is 0.900. The van der Waals surface area contributed by atoms with E-state index in [4.69, 9.17) is 14.1 Å². The Balaban J connectivity index is 3.86. The summed E-state index contributed by atoms with van der Waals surface area (Å²) in [5, 5.41) is 11.3. The first kappa shape index (κ1) is 15.0. The fourth-order valence-corrected chi connectivity index (χ4v) is 3.96. The van der Waals surface area contributed by atoms with E-state index in [1.54, 1.807) is 14.2 Å². The van der Waals surface area contributed by atoms with Crippen LogP contribution in [0, 0.1) is 10.7 Å². The van der Waals surface area contributed by atoms with Crippen molar-refractivity contribution >= 4 is 21.0 Å². The van der Waals surface area contributed by atoms with Gasteiger partial charge in [0, 0.05) is 25.5 Å². The molecule has 0 N–H and O–H groups in total. The molecule has 0 bridgehead atoms. The number of nitrogens with zero attached hydrogens (tertiary/aromatic N) is 1. The lowest BCUT2D eigenvalue weighted by molar-refractivity contribution is 0.276. The molecule has 0 radical (unpaired) electrons. The van der Waals surface area contributed by atoms with Gasteiger partial charge in [-0.3, -0.25) is 0 Å². The molecule has 0 aliphatic heterocycles. The number of rotatable bonds is 9. The van der Waals surface area contributed by atoms with Crippen molar-refractivity contribution < 1.29 is 8.85 Å². The Morgan fingerprint density at radius 2 is 2.00 bits per heavy atom. The van der Waals surface area contributed by atoms with Gasteiger partial charge in [-0.25, -0.2) is 0 Å². The highest BCUT2D eigenvalue weighted by Crippen LogP contribution is 2.22. The number of nitriles is 1. The molecule has 5 heteroatoms. The van der Waals surface area contributed by atoms with Crippen molar-refractivity contribution in [2.24, 2.45) is 0 Å². The van der Waals surface area contributed by atoms with Crippen molar-refractivity contribution in [1.82, 2.24) is 0 Å². The maximum absolute atomic E-state index is 8.70. The van der Waals surface area contributed by atoms with E-state index in [1.807, 2.05) is 0 Å².